The van der Waals surface area contributed by atoms with Crippen LogP contribution in [0.5, 0.6) is 0 Å². The molecule has 0 aliphatic rings. The molecule has 0 bridgehead atoms. The predicted octanol–water partition coefficient (Wildman–Crippen LogP) is -3.22. The Balaban J connectivity index is -0.000000125. The first-order valence-corrected chi connectivity index (χ1v) is 18.0. The third-order valence-corrected chi connectivity index (χ3v) is 6.36. The van der Waals surface area contributed by atoms with Crippen LogP contribution >= 0.6 is 0 Å². The minimum atomic E-state index is -4.92. The van der Waals surface area contributed by atoms with Gasteiger partial charge in [0.25, 0.3) is 0 Å². The maximum Gasteiger partial charge on any atom is 1.00 e. The summed E-state index contributed by atoms with van der Waals surface area (Å²) in [5.74, 6) is 0. The molecule has 0 rings (SSSR count). The van der Waals surface area contributed by atoms with Crippen LogP contribution < -0.4 is 88.7 Å². The van der Waals surface area contributed by atoms with Gasteiger partial charge >= 0.3 is 88.7 Å². The van der Waals surface area contributed by atoms with Gasteiger partial charge in [0.05, 0.1) is 13.2 Å². The zero-order valence-corrected chi connectivity index (χ0v) is 35.2. The third-order valence-electron chi connectivity index (χ3n) is 5.45. The molecule has 0 spiro atoms. The SMILES string of the molecule is CCCCCCCCCCCCOS(=O)(=O)[O-].CCCCCCCCCCCCOS(=O)(=O)[O-].O=S(=O)([O-])O.[Na+].[Na+].[Na+]. The number of hydrogen-bond donors (Lipinski definition) is 1. The van der Waals surface area contributed by atoms with Crippen molar-refractivity contribution >= 4 is 31.2 Å². The van der Waals surface area contributed by atoms with E-state index in [9.17, 15) is 25.9 Å². The van der Waals surface area contributed by atoms with E-state index < -0.39 is 31.2 Å². The minimum absolute atomic E-state index is 0. The first-order valence-electron chi connectivity index (χ1n) is 14.0. The second-order valence-electron chi connectivity index (χ2n) is 9.25. The largest absolute Gasteiger partial charge is 1.00 e. The molecule has 42 heavy (non-hydrogen) atoms. The standard InChI is InChI=1S/2C12H26O4S.3Na.H2O4S/c2*1-2-3-4-5-6-7-8-9-10-11-12-16-17(13,14)15;;;;1-5(2,3)4/h2*2-12H2,1H3,(H,13,14,15);;;;(H2,1,2,3,4)/q;;3*+1;/p-3. The molecule has 0 amide bonds. The average molecular weight is 697 g/mol. The zero-order valence-electron chi connectivity index (χ0n) is 26.7. The van der Waals surface area contributed by atoms with Gasteiger partial charge in [0.1, 0.15) is 0 Å². The first kappa shape index (κ1) is 56.9. The predicted molar refractivity (Wildman–Crippen MR) is 147 cm³/mol. The molecule has 0 heterocycles. The first-order chi connectivity index (χ1) is 18.1. The van der Waals surface area contributed by atoms with Crippen LogP contribution in [0.15, 0.2) is 0 Å². The Morgan fingerprint density at radius 1 is 0.429 bits per heavy atom. The zero-order chi connectivity index (χ0) is 30.5. The molecule has 240 valence electrons. The quantitative estimate of drug-likeness (QED) is 0.0458. The summed E-state index contributed by atoms with van der Waals surface area (Å²) in [6, 6.07) is 0. The van der Waals surface area contributed by atoms with Crippen molar-refractivity contribution in [3.05, 3.63) is 0 Å². The van der Waals surface area contributed by atoms with E-state index in [1.54, 1.807) is 0 Å². The Hall–Kier alpha value is 2.61. The molecule has 1 N–H and O–H groups in total. The summed E-state index contributed by atoms with van der Waals surface area (Å²) in [5.41, 5.74) is 0. The monoisotopic (exact) mass is 696 g/mol. The molecule has 0 aliphatic carbocycles. The van der Waals surface area contributed by atoms with E-state index >= 15 is 0 Å². The van der Waals surface area contributed by atoms with Crippen LogP contribution in [0, 0.1) is 0 Å². The van der Waals surface area contributed by atoms with Crippen molar-refractivity contribution < 1.29 is 141 Å². The van der Waals surface area contributed by atoms with Gasteiger partial charge in [0, 0.05) is 0 Å². The van der Waals surface area contributed by atoms with Crippen molar-refractivity contribution in [3.63, 3.8) is 0 Å². The smallest absolute Gasteiger partial charge is 0.726 e. The van der Waals surface area contributed by atoms with E-state index in [0.717, 1.165) is 25.7 Å². The molecule has 0 saturated carbocycles. The van der Waals surface area contributed by atoms with Crippen LogP contribution in [0.3, 0.4) is 0 Å². The van der Waals surface area contributed by atoms with Crippen LogP contribution in [0.4, 0.5) is 0 Å². The van der Waals surface area contributed by atoms with Gasteiger partial charge in [-0.25, -0.2) is 25.3 Å². The Bertz CT molecular complexity index is 767. The Labute approximate surface area is 323 Å². The molecule has 0 radical (unpaired) electrons. The maximum absolute atomic E-state index is 10.1. The van der Waals surface area contributed by atoms with Crippen molar-refractivity contribution in [2.75, 3.05) is 13.2 Å². The second-order valence-corrected chi connectivity index (χ2v) is 12.2. The fourth-order valence-corrected chi connectivity index (χ4v) is 4.14. The van der Waals surface area contributed by atoms with Gasteiger partial charge in [-0.2, -0.15) is 0 Å². The van der Waals surface area contributed by atoms with Crippen LogP contribution in [0.25, 0.3) is 0 Å². The van der Waals surface area contributed by atoms with Gasteiger partial charge in [-0.15, -0.1) is 0 Å². The summed E-state index contributed by atoms with van der Waals surface area (Å²) in [6.45, 7) is 4.49. The molecular formula is C24H51Na3O12S3. The third kappa shape index (κ3) is 78.7. The van der Waals surface area contributed by atoms with Gasteiger partial charge in [-0.1, -0.05) is 129 Å². The van der Waals surface area contributed by atoms with E-state index in [2.05, 4.69) is 22.2 Å². The molecule has 12 nitrogen and oxygen atoms in total. The maximum atomic E-state index is 10.1. The second kappa shape index (κ2) is 39.8. The van der Waals surface area contributed by atoms with Crippen LogP contribution in [-0.4, -0.2) is 56.7 Å². The molecule has 0 aromatic heterocycles. The van der Waals surface area contributed by atoms with E-state index in [4.69, 9.17) is 17.5 Å². The van der Waals surface area contributed by atoms with Crippen LogP contribution in [-0.2, 0) is 39.6 Å². The van der Waals surface area contributed by atoms with Crippen molar-refractivity contribution in [1.82, 2.24) is 0 Å². The topological polar surface area (TPSA) is 210 Å². The summed E-state index contributed by atoms with van der Waals surface area (Å²) in [5, 5.41) is 0. The van der Waals surface area contributed by atoms with Crippen LogP contribution in [0.2, 0.25) is 0 Å². The molecule has 0 aromatic rings. The number of rotatable bonds is 24. The van der Waals surface area contributed by atoms with Gasteiger partial charge in [-0.05, 0) is 12.8 Å². The molecule has 0 atom stereocenters. The van der Waals surface area contributed by atoms with Crippen molar-refractivity contribution in [1.29, 1.82) is 0 Å². The van der Waals surface area contributed by atoms with Crippen molar-refractivity contribution in [2.45, 2.75) is 142 Å². The summed E-state index contributed by atoms with van der Waals surface area (Å²) in [6.07, 6.45) is 23.4. The van der Waals surface area contributed by atoms with E-state index in [0.29, 0.717) is 12.8 Å². The summed E-state index contributed by atoms with van der Waals surface area (Å²) in [7, 11) is -13.9. The number of hydrogen-bond acceptors (Lipinski definition) is 11. The average Bonchev–Trinajstić information content (AvgIpc) is 2.79. The number of unbranched alkanes of at least 4 members (excludes halogenated alkanes) is 18. The van der Waals surface area contributed by atoms with E-state index in [1.165, 1.54) is 89.9 Å². The van der Waals surface area contributed by atoms with E-state index in [1.807, 2.05) is 0 Å². The normalized spacial score (nSPS) is 11.0. The van der Waals surface area contributed by atoms with Crippen LogP contribution in [0.1, 0.15) is 142 Å². The molecular weight excluding hydrogens is 645 g/mol. The Morgan fingerprint density at radius 2 is 0.595 bits per heavy atom. The molecule has 0 unspecified atom stereocenters. The van der Waals surface area contributed by atoms with Gasteiger partial charge in [0.2, 0.25) is 31.2 Å². The van der Waals surface area contributed by atoms with Gasteiger partial charge in [0.15, 0.2) is 0 Å². The van der Waals surface area contributed by atoms with Gasteiger partial charge in [-0.3, -0.25) is 12.9 Å². The summed E-state index contributed by atoms with van der Waals surface area (Å²) in [4.78, 5) is 0. The fraction of sp³-hybridized carbons (Fsp3) is 1.00. The van der Waals surface area contributed by atoms with Crippen molar-refractivity contribution in [2.24, 2.45) is 0 Å². The molecule has 0 aromatic carbocycles. The fourth-order valence-electron chi connectivity index (χ4n) is 3.50. The summed E-state index contributed by atoms with van der Waals surface area (Å²) >= 11 is 0. The van der Waals surface area contributed by atoms with Crippen molar-refractivity contribution in [3.8, 4) is 0 Å². The minimum Gasteiger partial charge on any atom is -0.726 e. The van der Waals surface area contributed by atoms with E-state index in [-0.39, 0.29) is 102 Å². The summed E-state index contributed by atoms with van der Waals surface area (Å²) < 4.78 is 102. The Morgan fingerprint density at radius 3 is 0.762 bits per heavy atom. The van der Waals surface area contributed by atoms with Gasteiger partial charge < -0.3 is 13.7 Å². The Kier molecular flexibility index (Phi) is 53.9. The molecule has 0 saturated heterocycles. The molecule has 18 heteroatoms. The molecule has 0 aliphatic heterocycles. The molecule has 0 fully saturated rings.